The Morgan fingerprint density at radius 1 is 1.50 bits per heavy atom. The Labute approximate surface area is 103 Å². The van der Waals surface area contributed by atoms with E-state index in [2.05, 4.69) is 36.5 Å². The average molecular weight is 288 g/mol. The number of hydrogen-bond acceptors (Lipinski definition) is 4. The molecule has 0 aliphatic heterocycles. The van der Waals surface area contributed by atoms with E-state index < -0.39 is 0 Å². The third-order valence-corrected chi connectivity index (χ3v) is 2.35. The number of anilines is 1. The first-order valence-corrected chi connectivity index (χ1v) is 5.55. The van der Waals surface area contributed by atoms with Gasteiger partial charge in [0.15, 0.2) is 0 Å². The molecule has 0 spiro atoms. The number of nitrogens with one attached hydrogen (secondary N) is 2. The van der Waals surface area contributed by atoms with Gasteiger partial charge in [-0.15, -0.1) is 0 Å². The second kappa shape index (κ2) is 6.26. The Hall–Kier alpha value is -1.37. The lowest BCUT2D eigenvalue weighted by Gasteiger charge is -2.12. The zero-order chi connectivity index (χ0) is 12.0. The van der Waals surface area contributed by atoms with Crippen molar-refractivity contribution in [1.29, 1.82) is 0 Å². The van der Waals surface area contributed by atoms with Gasteiger partial charge in [-0.1, -0.05) is 0 Å². The fraction of sp³-hybridized carbons (Fsp3) is 0.444. The van der Waals surface area contributed by atoms with Crippen molar-refractivity contribution >= 4 is 27.8 Å². The van der Waals surface area contributed by atoms with Gasteiger partial charge in [-0.05, 0) is 15.9 Å². The molecule has 0 radical (unpaired) electrons. The third kappa shape index (κ3) is 4.01. The molecule has 16 heavy (non-hydrogen) atoms. The van der Waals surface area contributed by atoms with Crippen LogP contribution in [-0.4, -0.2) is 48.1 Å². The quantitative estimate of drug-likeness (QED) is 0.808. The standard InChI is InChI=1S/C9H14BrN5O/c1-15(2)9(16)13-4-3-12-8-7(10)5-11-6-14-8/h5-6H,3-4H2,1-2H3,(H,13,16)(H,11,12,14). The van der Waals surface area contributed by atoms with Crippen LogP contribution in [0.1, 0.15) is 0 Å². The summed E-state index contributed by atoms with van der Waals surface area (Å²) in [5, 5.41) is 5.81. The second-order valence-electron chi connectivity index (χ2n) is 3.27. The molecule has 0 aromatic carbocycles. The summed E-state index contributed by atoms with van der Waals surface area (Å²) < 4.78 is 0.800. The fourth-order valence-electron chi connectivity index (χ4n) is 0.951. The molecule has 88 valence electrons. The summed E-state index contributed by atoms with van der Waals surface area (Å²) in [6.07, 6.45) is 3.12. The van der Waals surface area contributed by atoms with Crippen LogP contribution in [0.3, 0.4) is 0 Å². The summed E-state index contributed by atoms with van der Waals surface area (Å²) in [7, 11) is 3.40. The Balaban J connectivity index is 2.26. The number of carbonyl (C=O) groups excluding carboxylic acids is 1. The van der Waals surface area contributed by atoms with Gasteiger partial charge < -0.3 is 15.5 Å². The van der Waals surface area contributed by atoms with Crippen molar-refractivity contribution < 1.29 is 4.79 Å². The van der Waals surface area contributed by atoms with Gasteiger partial charge in [0.2, 0.25) is 0 Å². The molecule has 0 saturated carbocycles. The Kier molecular flexibility index (Phi) is 4.97. The molecule has 0 saturated heterocycles. The maximum absolute atomic E-state index is 11.2. The van der Waals surface area contributed by atoms with Crippen LogP contribution < -0.4 is 10.6 Å². The Bertz CT molecular complexity index is 358. The van der Waals surface area contributed by atoms with E-state index in [0.717, 1.165) is 4.47 Å². The van der Waals surface area contributed by atoms with Gasteiger partial charge in [0.05, 0.1) is 4.47 Å². The highest BCUT2D eigenvalue weighted by Crippen LogP contribution is 2.16. The van der Waals surface area contributed by atoms with Crippen molar-refractivity contribution in [3.05, 3.63) is 17.0 Å². The van der Waals surface area contributed by atoms with Gasteiger partial charge in [0.25, 0.3) is 0 Å². The number of carbonyl (C=O) groups is 1. The van der Waals surface area contributed by atoms with Crippen LogP contribution in [0.25, 0.3) is 0 Å². The molecule has 2 amide bonds. The van der Waals surface area contributed by atoms with E-state index in [4.69, 9.17) is 0 Å². The Morgan fingerprint density at radius 2 is 2.25 bits per heavy atom. The van der Waals surface area contributed by atoms with Crippen LogP contribution in [0, 0.1) is 0 Å². The van der Waals surface area contributed by atoms with Crippen LogP contribution >= 0.6 is 15.9 Å². The maximum Gasteiger partial charge on any atom is 0.316 e. The van der Waals surface area contributed by atoms with E-state index in [0.29, 0.717) is 18.9 Å². The summed E-state index contributed by atoms with van der Waals surface area (Å²) in [6, 6.07) is -0.108. The molecular weight excluding hydrogens is 274 g/mol. The molecule has 7 heteroatoms. The molecular formula is C9H14BrN5O. The first kappa shape index (κ1) is 12.7. The topological polar surface area (TPSA) is 70.2 Å². The first-order valence-electron chi connectivity index (χ1n) is 4.76. The van der Waals surface area contributed by atoms with Gasteiger partial charge in [-0.3, -0.25) is 0 Å². The number of urea groups is 1. The average Bonchev–Trinajstić information content (AvgIpc) is 2.26. The number of aromatic nitrogens is 2. The maximum atomic E-state index is 11.2. The van der Waals surface area contributed by atoms with Crippen molar-refractivity contribution in [2.45, 2.75) is 0 Å². The van der Waals surface area contributed by atoms with Crippen LogP contribution in [0.5, 0.6) is 0 Å². The van der Waals surface area contributed by atoms with Crippen molar-refractivity contribution in [3.63, 3.8) is 0 Å². The predicted molar refractivity (Wildman–Crippen MR) is 65.3 cm³/mol. The lowest BCUT2D eigenvalue weighted by atomic mass is 10.5. The van der Waals surface area contributed by atoms with Crippen LogP contribution in [0.15, 0.2) is 17.0 Å². The third-order valence-electron chi connectivity index (χ3n) is 1.77. The van der Waals surface area contributed by atoms with E-state index in [1.807, 2.05) is 0 Å². The first-order chi connectivity index (χ1) is 7.61. The minimum absolute atomic E-state index is 0.108. The van der Waals surface area contributed by atoms with Gasteiger partial charge in [0, 0.05) is 33.4 Å². The SMILES string of the molecule is CN(C)C(=O)NCCNc1ncncc1Br. The number of rotatable bonds is 4. The minimum atomic E-state index is -0.108. The number of halogens is 1. The zero-order valence-corrected chi connectivity index (χ0v) is 10.8. The molecule has 1 aromatic rings. The van der Waals surface area contributed by atoms with Crippen molar-refractivity contribution in [2.75, 3.05) is 32.5 Å². The molecule has 6 nitrogen and oxygen atoms in total. The van der Waals surface area contributed by atoms with E-state index in [1.165, 1.54) is 11.2 Å². The van der Waals surface area contributed by atoms with E-state index >= 15 is 0 Å². The monoisotopic (exact) mass is 287 g/mol. The lowest BCUT2D eigenvalue weighted by Crippen LogP contribution is -2.37. The zero-order valence-electron chi connectivity index (χ0n) is 9.20. The molecule has 0 bridgehead atoms. The van der Waals surface area contributed by atoms with Gasteiger partial charge in [0.1, 0.15) is 12.1 Å². The highest BCUT2D eigenvalue weighted by Gasteiger charge is 2.02. The molecule has 2 N–H and O–H groups in total. The van der Waals surface area contributed by atoms with Crippen LogP contribution in [0.2, 0.25) is 0 Å². The number of hydrogen-bond donors (Lipinski definition) is 2. The molecule has 1 aromatic heterocycles. The molecule has 0 aliphatic rings. The van der Waals surface area contributed by atoms with Crippen molar-refractivity contribution in [1.82, 2.24) is 20.2 Å². The van der Waals surface area contributed by atoms with Gasteiger partial charge in [-0.25, -0.2) is 14.8 Å². The summed E-state index contributed by atoms with van der Waals surface area (Å²) in [6.45, 7) is 1.14. The summed E-state index contributed by atoms with van der Waals surface area (Å²) >= 11 is 3.32. The summed E-state index contributed by atoms with van der Waals surface area (Å²) in [5.41, 5.74) is 0. The van der Waals surface area contributed by atoms with Gasteiger partial charge in [-0.2, -0.15) is 0 Å². The predicted octanol–water partition coefficient (Wildman–Crippen LogP) is 0.922. The molecule has 0 unspecified atom stereocenters. The highest BCUT2D eigenvalue weighted by molar-refractivity contribution is 9.10. The second-order valence-corrected chi connectivity index (χ2v) is 4.13. The van der Waals surface area contributed by atoms with E-state index in [9.17, 15) is 4.79 Å². The molecule has 0 atom stereocenters. The number of nitrogens with zero attached hydrogens (tertiary/aromatic N) is 3. The lowest BCUT2D eigenvalue weighted by molar-refractivity contribution is 0.218. The Morgan fingerprint density at radius 3 is 2.88 bits per heavy atom. The number of amides is 2. The summed E-state index contributed by atoms with van der Waals surface area (Å²) in [5.74, 6) is 0.717. The molecule has 1 rings (SSSR count). The molecule has 0 fully saturated rings. The highest BCUT2D eigenvalue weighted by atomic mass is 79.9. The molecule has 0 aliphatic carbocycles. The van der Waals surface area contributed by atoms with Crippen LogP contribution in [-0.2, 0) is 0 Å². The minimum Gasteiger partial charge on any atom is -0.367 e. The molecule has 1 heterocycles. The normalized spacial score (nSPS) is 9.69. The van der Waals surface area contributed by atoms with Crippen molar-refractivity contribution in [2.24, 2.45) is 0 Å². The smallest absolute Gasteiger partial charge is 0.316 e. The summed E-state index contributed by atoms with van der Waals surface area (Å²) in [4.78, 5) is 20.5. The van der Waals surface area contributed by atoms with Crippen LogP contribution in [0.4, 0.5) is 10.6 Å². The fourth-order valence-corrected chi connectivity index (χ4v) is 1.31. The largest absolute Gasteiger partial charge is 0.367 e. The van der Waals surface area contributed by atoms with Crippen molar-refractivity contribution in [3.8, 4) is 0 Å². The van der Waals surface area contributed by atoms with E-state index in [1.54, 1.807) is 20.3 Å². The van der Waals surface area contributed by atoms with Gasteiger partial charge >= 0.3 is 6.03 Å². The van der Waals surface area contributed by atoms with E-state index in [-0.39, 0.29) is 6.03 Å².